The van der Waals surface area contributed by atoms with E-state index >= 15 is 0 Å². The highest BCUT2D eigenvalue weighted by Crippen LogP contribution is 2.42. The van der Waals surface area contributed by atoms with Gasteiger partial charge >= 0.3 is 0 Å². The average molecular weight is 739 g/mol. The van der Waals surface area contributed by atoms with E-state index in [0.717, 1.165) is 88.4 Å². The summed E-state index contributed by atoms with van der Waals surface area (Å²) in [4.78, 5) is 16.3. The molecule has 0 saturated heterocycles. The summed E-state index contributed by atoms with van der Waals surface area (Å²) in [7, 11) is 0. The molecule has 0 unspecified atom stereocenters. The van der Waals surface area contributed by atoms with Crippen molar-refractivity contribution in [1.82, 2.24) is 19.4 Å². The molecule has 13 rings (SSSR count). The molecule has 0 spiro atoms. The van der Waals surface area contributed by atoms with Crippen molar-refractivity contribution in [3.8, 4) is 33.8 Å². The second-order valence-corrected chi connectivity index (χ2v) is 15.1. The van der Waals surface area contributed by atoms with Crippen molar-refractivity contribution < 1.29 is 4.42 Å². The molecule has 0 N–H and O–H groups in total. The smallest absolute Gasteiger partial charge is 0.161 e. The first-order valence-corrected chi connectivity index (χ1v) is 19.6. The number of furan rings is 1. The van der Waals surface area contributed by atoms with Crippen LogP contribution in [0.15, 0.2) is 186 Å². The monoisotopic (exact) mass is 738 g/mol. The molecule has 0 aliphatic heterocycles. The summed E-state index contributed by atoms with van der Waals surface area (Å²) >= 11 is 0. The predicted octanol–water partition coefficient (Wildman–Crippen LogP) is 13.9. The first kappa shape index (κ1) is 31.3. The minimum atomic E-state index is 0.639. The number of pyridine rings is 1. The van der Waals surface area contributed by atoms with Crippen LogP contribution in [-0.2, 0) is 0 Å². The first-order valence-electron chi connectivity index (χ1n) is 19.6. The van der Waals surface area contributed by atoms with E-state index in [1.165, 1.54) is 32.3 Å². The van der Waals surface area contributed by atoms with E-state index in [4.69, 9.17) is 19.4 Å². The lowest BCUT2D eigenvalue weighted by atomic mass is 9.91. The van der Waals surface area contributed by atoms with Crippen molar-refractivity contribution in [3.05, 3.63) is 182 Å². The van der Waals surface area contributed by atoms with Crippen molar-refractivity contribution in [3.63, 3.8) is 0 Å². The van der Waals surface area contributed by atoms with Crippen LogP contribution in [0.1, 0.15) is 0 Å². The maximum absolute atomic E-state index is 6.36. The Labute approximate surface area is 331 Å². The number of hydrogen-bond donors (Lipinski definition) is 0. The van der Waals surface area contributed by atoms with Gasteiger partial charge in [-0.05, 0) is 85.9 Å². The van der Waals surface area contributed by atoms with Crippen molar-refractivity contribution >= 4 is 92.7 Å². The maximum atomic E-state index is 6.36. The number of aromatic nitrogens is 4. The number of nitrogens with zero attached hydrogens (tertiary/aromatic N) is 4. The Bertz CT molecular complexity index is 3840. The lowest BCUT2D eigenvalue weighted by molar-refractivity contribution is 0.669. The molecule has 268 valence electrons. The second-order valence-electron chi connectivity index (χ2n) is 15.1. The van der Waals surface area contributed by atoms with Gasteiger partial charge < -0.3 is 4.42 Å². The van der Waals surface area contributed by atoms with Gasteiger partial charge in [0.25, 0.3) is 0 Å². The zero-order valence-electron chi connectivity index (χ0n) is 31.0. The molecule has 0 aliphatic carbocycles. The SMILES string of the molecule is c1cc(-c2ccc3c4ccccc4c4ccccc4c3c2)cc(-c2nc(-c3cccc4oc5ccccc5c34)nc3c4ccccc4n4c5ccccc5nc4c23)c1. The number of hydrogen-bond acceptors (Lipinski definition) is 4. The van der Waals surface area contributed by atoms with Gasteiger partial charge in [-0.2, -0.15) is 0 Å². The van der Waals surface area contributed by atoms with Gasteiger partial charge in [-0.3, -0.25) is 4.40 Å². The molecular formula is C53H30N4O. The van der Waals surface area contributed by atoms with Crippen LogP contribution in [0.25, 0.3) is 127 Å². The summed E-state index contributed by atoms with van der Waals surface area (Å²) in [6.07, 6.45) is 0. The first-order chi connectivity index (χ1) is 28.8. The summed E-state index contributed by atoms with van der Waals surface area (Å²) in [5.41, 5.74) is 11.4. The van der Waals surface area contributed by atoms with E-state index < -0.39 is 0 Å². The minimum absolute atomic E-state index is 0.639. The van der Waals surface area contributed by atoms with E-state index in [2.05, 4.69) is 156 Å². The Morgan fingerprint density at radius 2 is 0.983 bits per heavy atom. The Kier molecular flexibility index (Phi) is 6.38. The van der Waals surface area contributed by atoms with Gasteiger partial charge in [-0.25, -0.2) is 15.0 Å². The summed E-state index contributed by atoms with van der Waals surface area (Å²) in [6.45, 7) is 0. The zero-order chi connectivity index (χ0) is 37.9. The Balaban J connectivity index is 1.12. The van der Waals surface area contributed by atoms with Gasteiger partial charge in [0.15, 0.2) is 5.82 Å². The third kappa shape index (κ3) is 4.38. The minimum Gasteiger partial charge on any atom is -0.456 e. The molecule has 5 nitrogen and oxygen atoms in total. The van der Waals surface area contributed by atoms with Gasteiger partial charge in [-0.1, -0.05) is 140 Å². The van der Waals surface area contributed by atoms with Crippen LogP contribution >= 0.6 is 0 Å². The maximum Gasteiger partial charge on any atom is 0.161 e. The van der Waals surface area contributed by atoms with E-state index in [0.29, 0.717) is 5.82 Å². The number of imidazole rings is 1. The summed E-state index contributed by atoms with van der Waals surface area (Å²) in [5, 5.41) is 11.5. The molecule has 9 aromatic carbocycles. The normalized spacial score (nSPS) is 12.1. The molecule has 13 aromatic rings. The largest absolute Gasteiger partial charge is 0.456 e. The van der Waals surface area contributed by atoms with E-state index in [1.54, 1.807) is 0 Å². The predicted molar refractivity (Wildman–Crippen MR) is 239 cm³/mol. The molecule has 0 atom stereocenters. The van der Waals surface area contributed by atoms with Crippen LogP contribution in [0.5, 0.6) is 0 Å². The van der Waals surface area contributed by atoms with Gasteiger partial charge in [0.2, 0.25) is 0 Å². The highest BCUT2D eigenvalue weighted by Gasteiger charge is 2.23. The quantitative estimate of drug-likeness (QED) is 0.169. The molecule has 0 aliphatic rings. The summed E-state index contributed by atoms with van der Waals surface area (Å²) < 4.78 is 8.63. The highest BCUT2D eigenvalue weighted by molar-refractivity contribution is 6.26. The van der Waals surface area contributed by atoms with E-state index in [9.17, 15) is 0 Å². The van der Waals surface area contributed by atoms with Crippen molar-refractivity contribution in [2.45, 2.75) is 0 Å². The van der Waals surface area contributed by atoms with Crippen LogP contribution in [0.2, 0.25) is 0 Å². The third-order valence-electron chi connectivity index (χ3n) is 12.0. The number of benzene rings is 9. The third-order valence-corrected chi connectivity index (χ3v) is 12.0. The molecule has 0 fully saturated rings. The van der Waals surface area contributed by atoms with Gasteiger partial charge in [0.05, 0.1) is 33.1 Å². The molecule has 4 aromatic heterocycles. The van der Waals surface area contributed by atoms with E-state index in [1.807, 2.05) is 30.3 Å². The number of rotatable bonds is 3. The van der Waals surface area contributed by atoms with Gasteiger partial charge in [-0.15, -0.1) is 0 Å². The van der Waals surface area contributed by atoms with Crippen LogP contribution in [0.3, 0.4) is 0 Å². The topological polar surface area (TPSA) is 56.2 Å². The van der Waals surface area contributed by atoms with Crippen molar-refractivity contribution in [2.24, 2.45) is 0 Å². The summed E-state index contributed by atoms with van der Waals surface area (Å²) in [5.74, 6) is 0.639. The molecule has 0 amide bonds. The van der Waals surface area contributed by atoms with Crippen LogP contribution in [0, 0.1) is 0 Å². The fourth-order valence-electron chi connectivity index (χ4n) is 9.40. The van der Waals surface area contributed by atoms with Crippen LogP contribution in [0.4, 0.5) is 0 Å². The molecule has 0 radical (unpaired) electrons. The average Bonchev–Trinajstić information content (AvgIpc) is 3.88. The molecule has 5 heteroatoms. The summed E-state index contributed by atoms with van der Waals surface area (Å²) in [6, 6.07) is 64.3. The van der Waals surface area contributed by atoms with Crippen LogP contribution < -0.4 is 0 Å². The molecule has 4 heterocycles. The zero-order valence-corrected chi connectivity index (χ0v) is 31.0. The number of fused-ring (bicyclic) bond motifs is 17. The Morgan fingerprint density at radius 1 is 0.379 bits per heavy atom. The van der Waals surface area contributed by atoms with Crippen molar-refractivity contribution in [1.29, 1.82) is 0 Å². The van der Waals surface area contributed by atoms with Gasteiger partial charge in [0.1, 0.15) is 16.8 Å². The Morgan fingerprint density at radius 3 is 1.79 bits per heavy atom. The molecule has 0 saturated carbocycles. The Hall–Kier alpha value is -7.89. The molecule has 58 heavy (non-hydrogen) atoms. The molecule has 0 bridgehead atoms. The molecular weight excluding hydrogens is 709 g/mol. The lowest BCUT2D eigenvalue weighted by Crippen LogP contribution is -2.00. The lowest BCUT2D eigenvalue weighted by Gasteiger charge is -2.15. The standard InChI is InChI=1S/C53H30N4O/c1-2-17-36-34(15-1)35-16-3-4-18-37(35)42-30-32(27-28-38(36)42)31-13-11-14-33(29-31)50-49-51(39-19-5-8-23-44(39)57-45-24-9-7-22-43(45)54-53(49)57)56-52(55-50)41-21-12-26-47-48(41)40-20-6-10-25-46(40)58-47/h1-30H. The van der Waals surface area contributed by atoms with E-state index in [-0.39, 0.29) is 0 Å². The highest BCUT2D eigenvalue weighted by atomic mass is 16.3. The number of para-hydroxylation sites is 4. The second kappa shape index (κ2) is 11.8. The fraction of sp³-hybridized carbons (Fsp3) is 0. The van der Waals surface area contributed by atoms with Crippen LogP contribution in [-0.4, -0.2) is 19.4 Å². The van der Waals surface area contributed by atoms with Crippen molar-refractivity contribution in [2.75, 3.05) is 0 Å². The fourth-order valence-corrected chi connectivity index (χ4v) is 9.40. The van der Waals surface area contributed by atoms with Gasteiger partial charge in [0, 0.05) is 27.3 Å².